The Bertz CT molecular complexity index is 311. The van der Waals surface area contributed by atoms with Crippen LogP contribution in [0.1, 0.15) is 6.92 Å². The van der Waals surface area contributed by atoms with E-state index in [4.69, 9.17) is 0 Å². The number of nitrogens with zero attached hydrogens (tertiary/aromatic N) is 3. The fourth-order valence-electron chi connectivity index (χ4n) is 1.44. The van der Waals surface area contributed by atoms with Gasteiger partial charge in [0.25, 0.3) is 0 Å². The summed E-state index contributed by atoms with van der Waals surface area (Å²) in [6.45, 7) is 4.18. The summed E-state index contributed by atoms with van der Waals surface area (Å²) >= 11 is 0. The van der Waals surface area contributed by atoms with Gasteiger partial charge in [-0.3, -0.25) is 4.68 Å². The summed E-state index contributed by atoms with van der Waals surface area (Å²) in [7, 11) is 1.94. The van der Waals surface area contributed by atoms with Crippen molar-refractivity contribution in [3.63, 3.8) is 0 Å². The van der Waals surface area contributed by atoms with Gasteiger partial charge in [-0.05, 0) is 6.92 Å². The van der Waals surface area contributed by atoms with Crippen LogP contribution in [0.5, 0.6) is 0 Å². The summed E-state index contributed by atoms with van der Waals surface area (Å²) in [5, 5.41) is 4.34. The van der Waals surface area contributed by atoms with Crippen LogP contribution in [0.2, 0.25) is 0 Å². The van der Waals surface area contributed by atoms with Gasteiger partial charge in [-0.1, -0.05) is 11.6 Å². The van der Waals surface area contributed by atoms with E-state index >= 15 is 0 Å². The predicted octanol–water partition coefficient (Wildman–Crippen LogP) is 1.19. The molecule has 2 rings (SSSR count). The summed E-state index contributed by atoms with van der Waals surface area (Å²) in [5.74, 6) is 1.07. The average molecular weight is 163 g/mol. The van der Waals surface area contributed by atoms with Gasteiger partial charge < -0.3 is 4.90 Å². The van der Waals surface area contributed by atoms with Gasteiger partial charge in [0.1, 0.15) is 0 Å². The molecule has 3 nitrogen and oxygen atoms in total. The van der Waals surface area contributed by atoms with E-state index < -0.39 is 0 Å². The molecule has 0 N–H and O–H groups in total. The highest BCUT2D eigenvalue weighted by Gasteiger charge is 2.12. The molecule has 0 aromatic carbocycles. The molecule has 1 aliphatic heterocycles. The molecule has 0 atom stereocenters. The zero-order valence-corrected chi connectivity index (χ0v) is 7.49. The number of aromatic nitrogens is 2. The van der Waals surface area contributed by atoms with E-state index in [1.165, 1.54) is 5.57 Å². The molecule has 2 heterocycles. The molecule has 0 saturated heterocycles. The number of aryl methyl sites for hydroxylation is 1. The monoisotopic (exact) mass is 163 g/mol. The normalized spacial score (nSPS) is 16.8. The Hall–Kier alpha value is -1.25. The molecular weight excluding hydrogens is 150 g/mol. The van der Waals surface area contributed by atoms with Crippen LogP contribution in [0.3, 0.4) is 0 Å². The first-order valence-electron chi connectivity index (χ1n) is 4.16. The third-order valence-corrected chi connectivity index (χ3v) is 2.12. The van der Waals surface area contributed by atoms with Crippen molar-refractivity contribution in [3.05, 3.63) is 23.9 Å². The summed E-state index contributed by atoms with van der Waals surface area (Å²) < 4.78 is 1.84. The predicted molar refractivity (Wildman–Crippen MR) is 49.2 cm³/mol. The fourth-order valence-corrected chi connectivity index (χ4v) is 1.44. The van der Waals surface area contributed by atoms with Crippen molar-refractivity contribution in [2.45, 2.75) is 6.92 Å². The second-order valence-electron chi connectivity index (χ2n) is 3.28. The topological polar surface area (TPSA) is 21.1 Å². The Morgan fingerprint density at radius 2 is 2.33 bits per heavy atom. The van der Waals surface area contributed by atoms with E-state index in [1.807, 2.05) is 24.0 Å². The standard InChI is InChI=1S/C9H13N3/c1-8-3-6-12(7-8)9-4-5-11(2)10-9/h3-5H,6-7H2,1-2H3. The Labute approximate surface area is 72.3 Å². The van der Waals surface area contributed by atoms with Gasteiger partial charge in [-0.15, -0.1) is 0 Å². The van der Waals surface area contributed by atoms with Crippen LogP contribution in [0.25, 0.3) is 0 Å². The molecule has 0 aliphatic carbocycles. The van der Waals surface area contributed by atoms with Crippen molar-refractivity contribution in [2.75, 3.05) is 18.0 Å². The summed E-state index contributed by atoms with van der Waals surface area (Å²) in [5.41, 5.74) is 1.43. The highest BCUT2D eigenvalue weighted by molar-refractivity contribution is 5.43. The lowest BCUT2D eigenvalue weighted by molar-refractivity contribution is 0.756. The van der Waals surface area contributed by atoms with Crippen LogP contribution in [0.4, 0.5) is 5.82 Å². The molecule has 0 saturated carbocycles. The second kappa shape index (κ2) is 2.66. The molecule has 1 aromatic heterocycles. The molecule has 0 unspecified atom stereocenters. The van der Waals surface area contributed by atoms with E-state index in [1.54, 1.807) is 0 Å². The number of hydrogen-bond donors (Lipinski definition) is 0. The minimum atomic E-state index is 1.00. The van der Waals surface area contributed by atoms with E-state index in [0.29, 0.717) is 0 Å². The zero-order valence-electron chi connectivity index (χ0n) is 7.49. The van der Waals surface area contributed by atoms with Crippen LogP contribution in [-0.4, -0.2) is 22.9 Å². The Kier molecular flexibility index (Phi) is 1.64. The van der Waals surface area contributed by atoms with Crippen LogP contribution < -0.4 is 4.90 Å². The van der Waals surface area contributed by atoms with Crippen molar-refractivity contribution in [1.29, 1.82) is 0 Å². The largest absolute Gasteiger partial charge is 0.347 e. The Balaban J connectivity index is 2.13. The van der Waals surface area contributed by atoms with Crippen molar-refractivity contribution in [1.82, 2.24) is 9.78 Å². The molecule has 3 heteroatoms. The Morgan fingerprint density at radius 1 is 1.50 bits per heavy atom. The minimum absolute atomic E-state index is 1.00. The third kappa shape index (κ3) is 1.22. The maximum absolute atomic E-state index is 4.34. The number of anilines is 1. The molecule has 0 fully saturated rings. The molecule has 0 radical (unpaired) electrons. The second-order valence-corrected chi connectivity index (χ2v) is 3.28. The van der Waals surface area contributed by atoms with Gasteiger partial charge in [-0.2, -0.15) is 5.10 Å². The average Bonchev–Trinajstić information content (AvgIpc) is 2.58. The maximum atomic E-state index is 4.34. The van der Waals surface area contributed by atoms with Crippen molar-refractivity contribution >= 4 is 5.82 Å². The first-order chi connectivity index (χ1) is 5.75. The lowest BCUT2D eigenvalue weighted by Gasteiger charge is -2.13. The smallest absolute Gasteiger partial charge is 0.151 e. The van der Waals surface area contributed by atoms with E-state index in [2.05, 4.69) is 23.0 Å². The lowest BCUT2D eigenvalue weighted by atomic mass is 10.3. The van der Waals surface area contributed by atoms with E-state index in [9.17, 15) is 0 Å². The zero-order chi connectivity index (χ0) is 8.55. The van der Waals surface area contributed by atoms with Gasteiger partial charge >= 0.3 is 0 Å². The van der Waals surface area contributed by atoms with E-state index in [-0.39, 0.29) is 0 Å². The molecular formula is C9H13N3. The van der Waals surface area contributed by atoms with Crippen LogP contribution in [-0.2, 0) is 7.05 Å². The summed E-state index contributed by atoms with van der Waals surface area (Å²) in [6, 6.07) is 2.05. The van der Waals surface area contributed by atoms with Crippen LogP contribution in [0, 0.1) is 0 Å². The van der Waals surface area contributed by atoms with Gasteiger partial charge in [0.05, 0.1) is 0 Å². The van der Waals surface area contributed by atoms with Crippen molar-refractivity contribution in [2.24, 2.45) is 7.05 Å². The highest BCUT2D eigenvalue weighted by Crippen LogP contribution is 2.16. The molecule has 0 bridgehead atoms. The molecule has 1 aromatic rings. The molecule has 1 aliphatic rings. The minimum Gasteiger partial charge on any atom is -0.347 e. The van der Waals surface area contributed by atoms with Gasteiger partial charge in [0.2, 0.25) is 0 Å². The fraction of sp³-hybridized carbons (Fsp3) is 0.444. The van der Waals surface area contributed by atoms with E-state index in [0.717, 1.165) is 18.9 Å². The lowest BCUT2D eigenvalue weighted by Crippen LogP contribution is -2.20. The SMILES string of the molecule is CC1=CCN(c2ccn(C)n2)C1. The Morgan fingerprint density at radius 3 is 2.83 bits per heavy atom. The highest BCUT2D eigenvalue weighted by atomic mass is 15.3. The van der Waals surface area contributed by atoms with Crippen molar-refractivity contribution in [3.8, 4) is 0 Å². The molecule has 0 amide bonds. The maximum Gasteiger partial charge on any atom is 0.151 e. The number of rotatable bonds is 1. The van der Waals surface area contributed by atoms with Gasteiger partial charge in [0.15, 0.2) is 5.82 Å². The number of hydrogen-bond acceptors (Lipinski definition) is 2. The van der Waals surface area contributed by atoms with Gasteiger partial charge in [0, 0.05) is 32.4 Å². The van der Waals surface area contributed by atoms with Crippen LogP contribution >= 0.6 is 0 Å². The quantitative estimate of drug-likeness (QED) is 0.580. The summed E-state index contributed by atoms with van der Waals surface area (Å²) in [6.07, 6.45) is 4.22. The van der Waals surface area contributed by atoms with Crippen LogP contribution in [0.15, 0.2) is 23.9 Å². The summed E-state index contributed by atoms with van der Waals surface area (Å²) in [4.78, 5) is 2.26. The first-order valence-corrected chi connectivity index (χ1v) is 4.16. The third-order valence-electron chi connectivity index (χ3n) is 2.12. The molecule has 64 valence electrons. The van der Waals surface area contributed by atoms with Gasteiger partial charge in [-0.25, -0.2) is 0 Å². The first kappa shape index (κ1) is 7.40. The van der Waals surface area contributed by atoms with Crippen molar-refractivity contribution < 1.29 is 0 Å². The molecule has 0 spiro atoms. The molecule has 12 heavy (non-hydrogen) atoms.